The van der Waals surface area contributed by atoms with Gasteiger partial charge >= 0.3 is 0 Å². The molecule has 0 aliphatic heterocycles. The number of rotatable bonds is 7. The van der Waals surface area contributed by atoms with Crippen LogP contribution >= 0.6 is 0 Å². The molecule has 0 bridgehead atoms. The summed E-state index contributed by atoms with van der Waals surface area (Å²) in [5, 5.41) is 2.52. The molecule has 0 atom stereocenters. The van der Waals surface area contributed by atoms with Gasteiger partial charge in [-0.15, -0.1) is 0 Å². The van der Waals surface area contributed by atoms with Crippen LogP contribution in [-0.2, 0) is 0 Å². The molecule has 8 aromatic rings. The lowest BCUT2D eigenvalue weighted by Gasteiger charge is -2.26. The summed E-state index contributed by atoms with van der Waals surface area (Å²) in [4.78, 5) is 2.35. The largest absolute Gasteiger partial charge is 0.310 e. The molecular formula is C46H33N. The molecule has 0 aliphatic rings. The van der Waals surface area contributed by atoms with E-state index in [1.807, 2.05) is 0 Å². The third-order valence-corrected chi connectivity index (χ3v) is 8.84. The van der Waals surface area contributed by atoms with E-state index < -0.39 is 0 Å². The molecule has 0 radical (unpaired) electrons. The van der Waals surface area contributed by atoms with Gasteiger partial charge in [-0.3, -0.25) is 0 Å². The van der Waals surface area contributed by atoms with Crippen LogP contribution in [0.2, 0.25) is 0 Å². The summed E-state index contributed by atoms with van der Waals surface area (Å²) >= 11 is 0. The third kappa shape index (κ3) is 5.72. The number of benzene rings is 8. The van der Waals surface area contributed by atoms with Crippen LogP contribution in [0.1, 0.15) is 0 Å². The fourth-order valence-corrected chi connectivity index (χ4v) is 6.61. The van der Waals surface area contributed by atoms with Crippen LogP contribution < -0.4 is 4.90 Å². The van der Waals surface area contributed by atoms with Gasteiger partial charge in [0.05, 0.1) is 0 Å². The summed E-state index contributed by atoms with van der Waals surface area (Å²) in [6.45, 7) is 0. The molecule has 0 fully saturated rings. The smallest absolute Gasteiger partial charge is 0.0467 e. The van der Waals surface area contributed by atoms with Crippen LogP contribution in [0, 0.1) is 0 Å². The maximum atomic E-state index is 2.35. The van der Waals surface area contributed by atoms with E-state index in [0.717, 1.165) is 17.1 Å². The van der Waals surface area contributed by atoms with Crippen LogP contribution in [0.15, 0.2) is 200 Å². The van der Waals surface area contributed by atoms with Gasteiger partial charge in [-0.1, -0.05) is 158 Å². The molecule has 1 nitrogen and oxygen atoms in total. The number of hydrogen-bond acceptors (Lipinski definition) is 1. The molecule has 8 aromatic carbocycles. The molecule has 0 spiro atoms. The van der Waals surface area contributed by atoms with Crippen molar-refractivity contribution in [2.75, 3.05) is 4.90 Å². The van der Waals surface area contributed by atoms with Crippen LogP contribution in [0.4, 0.5) is 17.1 Å². The van der Waals surface area contributed by atoms with E-state index in [0.29, 0.717) is 0 Å². The molecule has 0 heterocycles. The number of para-hydroxylation sites is 1. The van der Waals surface area contributed by atoms with Crippen molar-refractivity contribution in [3.63, 3.8) is 0 Å². The lowest BCUT2D eigenvalue weighted by atomic mass is 9.94. The van der Waals surface area contributed by atoms with Gasteiger partial charge in [-0.2, -0.15) is 0 Å². The van der Waals surface area contributed by atoms with Crippen molar-refractivity contribution >= 4 is 27.8 Å². The first kappa shape index (κ1) is 28.3. The Morgan fingerprint density at radius 3 is 1.43 bits per heavy atom. The van der Waals surface area contributed by atoms with Crippen LogP contribution in [0.5, 0.6) is 0 Å². The summed E-state index contributed by atoms with van der Waals surface area (Å²) in [5.41, 5.74) is 13.0. The zero-order valence-corrected chi connectivity index (χ0v) is 26.0. The third-order valence-electron chi connectivity index (χ3n) is 8.84. The maximum absolute atomic E-state index is 2.35. The first-order valence-electron chi connectivity index (χ1n) is 16.1. The highest BCUT2D eigenvalue weighted by atomic mass is 15.1. The lowest BCUT2D eigenvalue weighted by Crippen LogP contribution is -2.10. The molecule has 0 N–H and O–H groups in total. The predicted molar refractivity (Wildman–Crippen MR) is 200 cm³/mol. The van der Waals surface area contributed by atoms with Gasteiger partial charge in [-0.05, 0) is 97.7 Å². The molecular weight excluding hydrogens is 567 g/mol. The minimum absolute atomic E-state index is 1.11. The SMILES string of the molecule is c1ccc(-c2ccccc2-c2cccc(N(c3ccccc3)c3cccc(-c4cccc(-c5cccc6ccccc56)c4)c3)c2)cc1. The lowest BCUT2D eigenvalue weighted by molar-refractivity contribution is 1.28. The van der Waals surface area contributed by atoms with Gasteiger partial charge in [0, 0.05) is 17.1 Å². The first-order valence-corrected chi connectivity index (χ1v) is 16.1. The van der Waals surface area contributed by atoms with Crippen molar-refractivity contribution in [2.45, 2.75) is 0 Å². The highest BCUT2D eigenvalue weighted by molar-refractivity contribution is 5.97. The van der Waals surface area contributed by atoms with Crippen LogP contribution in [0.25, 0.3) is 55.3 Å². The highest BCUT2D eigenvalue weighted by Gasteiger charge is 2.16. The predicted octanol–water partition coefficient (Wildman–Crippen LogP) is 13.0. The van der Waals surface area contributed by atoms with E-state index in [4.69, 9.17) is 0 Å². The Bertz CT molecular complexity index is 2300. The molecule has 222 valence electrons. The number of hydrogen-bond donors (Lipinski definition) is 0. The molecule has 1 heteroatoms. The summed E-state index contributed by atoms with van der Waals surface area (Å²) < 4.78 is 0. The topological polar surface area (TPSA) is 3.24 Å². The van der Waals surface area contributed by atoms with E-state index in [-0.39, 0.29) is 0 Å². The van der Waals surface area contributed by atoms with Gasteiger partial charge in [0.2, 0.25) is 0 Å². The van der Waals surface area contributed by atoms with E-state index >= 15 is 0 Å². The second kappa shape index (κ2) is 12.7. The van der Waals surface area contributed by atoms with Crippen molar-refractivity contribution in [3.05, 3.63) is 200 Å². The average molecular weight is 600 g/mol. The normalized spacial score (nSPS) is 11.0. The summed E-state index contributed by atoms with van der Waals surface area (Å²) in [6, 6.07) is 71.8. The molecule has 0 amide bonds. The van der Waals surface area contributed by atoms with Gasteiger partial charge < -0.3 is 4.90 Å². The van der Waals surface area contributed by atoms with Crippen molar-refractivity contribution in [1.29, 1.82) is 0 Å². The van der Waals surface area contributed by atoms with Gasteiger partial charge in [-0.25, -0.2) is 0 Å². The highest BCUT2D eigenvalue weighted by Crippen LogP contribution is 2.40. The second-order valence-electron chi connectivity index (χ2n) is 11.8. The Morgan fingerprint density at radius 1 is 0.255 bits per heavy atom. The summed E-state index contributed by atoms with van der Waals surface area (Å²) in [5.74, 6) is 0. The Labute approximate surface area is 276 Å². The Balaban J connectivity index is 1.22. The number of fused-ring (bicyclic) bond motifs is 1. The Kier molecular flexibility index (Phi) is 7.63. The van der Waals surface area contributed by atoms with Crippen molar-refractivity contribution in [3.8, 4) is 44.5 Å². The average Bonchev–Trinajstić information content (AvgIpc) is 3.16. The second-order valence-corrected chi connectivity index (χ2v) is 11.8. The quantitative estimate of drug-likeness (QED) is 0.176. The standard InChI is InChI=1S/C46H33N/c1-3-15-34(16-4-1)43-28-9-10-29-45(43)39-22-13-26-42(33-39)47(40-23-5-2-6-24-40)41-25-12-20-37(32-41)36-19-11-21-38(31-36)46-30-14-18-35-17-7-8-27-44(35)46/h1-33H. The summed E-state index contributed by atoms with van der Waals surface area (Å²) in [7, 11) is 0. The molecule has 0 saturated heterocycles. The Morgan fingerprint density at radius 2 is 0.681 bits per heavy atom. The van der Waals surface area contributed by atoms with Gasteiger partial charge in [0.1, 0.15) is 0 Å². The molecule has 8 rings (SSSR count). The molecule has 0 aliphatic carbocycles. The minimum atomic E-state index is 1.11. The van der Waals surface area contributed by atoms with Crippen molar-refractivity contribution < 1.29 is 0 Å². The van der Waals surface area contributed by atoms with Gasteiger partial charge in [0.15, 0.2) is 0 Å². The van der Waals surface area contributed by atoms with E-state index in [2.05, 4.69) is 205 Å². The van der Waals surface area contributed by atoms with Crippen LogP contribution in [0.3, 0.4) is 0 Å². The number of anilines is 3. The van der Waals surface area contributed by atoms with E-state index in [1.54, 1.807) is 0 Å². The van der Waals surface area contributed by atoms with Crippen LogP contribution in [-0.4, -0.2) is 0 Å². The molecule has 0 unspecified atom stereocenters. The van der Waals surface area contributed by atoms with Crippen molar-refractivity contribution in [2.24, 2.45) is 0 Å². The molecule has 0 aromatic heterocycles. The number of nitrogens with zero attached hydrogens (tertiary/aromatic N) is 1. The van der Waals surface area contributed by atoms with E-state index in [9.17, 15) is 0 Å². The van der Waals surface area contributed by atoms with Gasteiger partial charge in [0.25, 0.3) is 0 Å². The van der Waals surface area contributed by atoms with E-state index in [1.165, 1.54) is 55.3 Å². The maximum Gasteiger partial charge on any atom is 0.0467 e. The fourth-order valence-electron chi connectivity index (χ4n) is 6.61. The molecule has 47 heavy (non-hydrogen) atoms. The minimum Gasteiger partial charge on any atom is -0.310 e. The zero-order valence-electron chi connectivity index (χ0n) is 26.0. The summed E-state index contributed by atoms with van der Waals surface area (Å²) in [6.07, 6.45) is 0. The Hall–Kier alpha value is -6.18. The fraction of sp³-hybridized carbons (Fsp3) is 0. The first-order chi connectivity index (χ1) is 23.3. The molecule has 0 saturated carbocycles. The van der Waals surface area contributed by atoms with Crippen molar-refractivity contribution in [1.82, 2.24) is 0 Å². The zero-order chi connectivity index (χ0) is 31.4. The monoisotopic (exact) mass is 599 g/mol.